The maximum atomic E-state index is 12.9. The van der Waals surface area contributed by atoms with Crippen molar-refractivity contribution in [2.24, 2.45) is 7.05 Å². The van der Waals surface area contributed by atoms with Gasteiger partial charge in [0, 0.05) is 51.4 Å². The number of hydrogen-bond donors (Lipinski definition) is 0. The maximum absolute atomic E-state index is 12.9. The van der Waals surface area contributed by atoms with Gasteiger partial charge in [-0.15, -0.1) is 11.3 Å². The van der Waals surface area contributed by atoms with Crippen molar-refractivity contribution in [2.75, 3.05) is 25.1 Å². The zero-order valence-corrected chi connectivity index (χ0v) is 23.5. The maximum Gasteiger partial charge on any atom is 0.252 e. The number of hydrogen-bond acceptors (Lipinski definition) is 8. The van der Waals surface area contributed by atoms with Crippen LogP contribution in [-0.4, -0.2) is 56.5 Å². The zero-order valence-electron chi connectivity index (χ0n) is 22.7. The lowest BCUT2D eigenvalue weighted by Gasteiger charge is -2.49. The summed E-state index contributed by atoms with van der Waals surface area (Å²) in [7, 11) is 3.46. The molecule has 0 unspecified atom stereocenters. The van der Waals surface area contributed by atoms with Gasteiger partial charge >= 0.3 is 0 Å². The van der Waals surface area contributed by atoms with Gasteiger partial charge in [-0.2, -0.15) is 10.4 Å². The summed E-state index contributed by atoms with van der Waals surface area (Å²) in [5.41, 5.74) is 4.65. The number of benzene rings is 1. The molecule has 1 aliphatic rings. The van der Waals surface area contributed by atoms with Crippen LogP contribution < -0.4 is 10.5 Å². The van der Waals surface area contributed by atoms with Crippen molar-refractivity contribution >= 4 is 38.3 Å². The quantitative estimate of drug-likeness (QED) is 0.330. The topological polar surface area (TPSA) is 92.2 Å². The molecule has 0 amide bonds. The second-order valence-electron chi connectivity index (χ2n) is 10.1. The molecule has 3 atom stereocenters. The van der Waals surface area contributed by atoms with E-state index in [9.17, 15) is 10.1 Å². The van der Waals surface area contributed by atoms with Crippen molar-refractivity contribution < 1.29 is 4.74 Å². The Bertz CT molecular complexity index is 1550. The molecule has 5 rings (SSSR count). The Hall–Kier alpha value is -3.26. The predicted octanol–water partition coefficient (Wildman–Crippen LogP) is 4.46. The number of rotatable bonds is 8. The summed E-state index contributed by atoms with van der Waals surface area (Å²) < 4.78 is 9.71. The molecule has 1 fully saturated rings. The van der Waals surface area contributed by atoms with E-state index >= 15 is 0 Å². The van der Waals surface area contributed by atoms with Crippen LogP contribution in [0.1, 0.15) is 50.2 Å². The number of methoxy groups -OCH3 is 1. The number of aromatic nitrogens is 4. The number of anilines is 1. The van der Waals surface area contributed by atoms with Crippen molar-refractivity contribution in [3.8, 4) is 6.07 Å². The fraction of sp³-hybridized carbons (Fsp3) is 0.500. The minimum atomic E-state index is -0.0617. The Morgan fingerprint density at radius 3 is 2.71 bits per heavy atom. The molecule has 4 heterocycles. The molecule has 3 aromatic heterocycles. The Morgan fingerprint density at radius 1 is 1.21 bits per heavy atom. The van der Waals surface area contributed by atoms with E-state index in [-0.39, 0.29) is 24.2 Å². The molecule has 38 heavy (non-hydrogen) atoms. The van der Waals surface area contributed by atoms with Gasteiger partial charge in [-0.1, -0.05) is 19.9 Å². The third kappa shape index (κ3) is 4.70. The minimum absolute atomic E-state index is 0.0617. The number of piperazine rings is 1. The van der Waals surface area contributed by atoms with Gasteiger partial charge in [-0.05, 0) is 37.5 Å². The number of fused-ring (bicyclic) bond motifs is 2. The molecule has 1 aliphatic heterocycles. The van der Waals surface area contributed by atoms with Gasteiger partial charge in [0.1, 0.15) is 17.1 Å². The first-order chi connectivity index (χ1) is 18.4. The standard InChI is InChI=1S/C28H35N7O2S/c1-6-20-15-35(23-13-27(36)32(4)24-16-33(11-10-29)31-28(23)24)21(7-2)14-34(20)18(3)19-8-9-22-25(12-19)38-26(30-22)17-37-5/h8-9,12-13,16,18,20-21H,6-7,11,14-15,17H2,1-5H3/t18-,20+,21-/m0/s1. The van der Waals surface area contributed by atoms with E-state index in [1.807, 2.05) is 0 Å². The van der Waals surface area contributed by atoms with Crippen LogP contribution in [-0.2, 0) is 24.9 Å². The summed E-state index contributed by atoms with van der Waals surface area (Å²) in [6, 6.07) is 11.3. The Labute approximate surface area is 226 Å². The average Bonchev–Trinajstić information content (AvgIpc) is 3.53. The van der Waals surface area contributed by atoms with Crippen LogP contribution in [0, 0.1) is 11.3 Å². The fourth-order valence-electron chi connectivity index (χ4n) is 5.69. The largest absolute Gasteiger partial charge is 0.378 e. The lowest BCUT2D eigenvalue weighted by Crippen LogP contribution is -2.58. The van der Waals surface area contributed by atoms with E-state index in [0.717, 1.165) is 53.2 Å². The first-order valence-corrected chi connectivity index (χ1v) is 14.0. The van der Waals surface area contributed by atoms with E-state index in [4.69, 9.17) is 9.84 Å². The number of nitrogens with zero attached hydrogens (tertiary/aromatic N) is 7. The van der Waals surface area contributed by atoms with Crippen molar-refractivity contribution in [1.82, 2.24) is 24.2 Å². The molecule has 0 bridgehead atoms. The molecule has 1 saturated heterocycles. The molecule has 0 saturated carbocycles. The number of pyridine rings is 1. The van der Waals surface area contributed by atoms with Gasteiger partial charge in [0.05, 0.1) is 40.3 Å². The summed E-state index contributed by atoms with van der Waals surface area (Å²) in [5, 5.41) is 14.9. The molecule has 4 aromatic rings. The average molecular weight is 534 g/mol. The van der Waals surface area contributed by atoms with Crippen LogP contribution >= 0.6 is 11.3 Å². The van der Waals surface area contributed by atoms with Crippen molar-refractivity contribution in [2.45, 2.75) is 64.9 Å². The highest BCUT2D eigenvalue weighted by Crippen LogP contribution is 2.35. The monoisotopic (exact) mass is 533 g/mol. The van der Waals surface area contributed by atoms with Crippen LogP contribution in [0.3, 0.4) is 0 Å². The Balaban J connectivity index is 1.48. The van der Waals surface area contributed by atoms with Crippen LogP contribution in [0.4, 0.5) is 5.69 Å². The fourth-order valence-corrected chi connectivity index (χ4v) is 6.68. The summed E-state index contributed by atoms with van der Waals surface area (Å²) in [6.07, 6.45) is 3.74. The lowest BCUT2D eigenvalue weighted by molar-refractivity contribution is 0.101. The third-order valence-electron chi connectivity index (χ3n) is 7.87. The van der Waals surface area contributed by atoms with Crippen molar-refractivity contribution in [1.29, 1.82) is 5.26 Å². The van der Waals surface area contributed by atoms with Crippen LogP contribution in [0.15, 0.2) is 35.3 Å². The summed E-state index contributed by atoms with van der Waals surface area (Å²) in [5.74, 6) is 0. The second kappa shape index (κ2) is 10.8. The first kappa shape index (κ1) is 26.4. The Morgan fingerprint density at radius 2 is 2.00 bits per heavy atom. The Kier molecular flexibility index (Phi) is 7.52. The van der Waals surface area contributed by atoms with Crippen LogP contribution in [0.2, 0.25) is 0 Å². The van der Waals surface area contributed by atoms with E-state index < -0.39 is 0 Å². The SMILES string of the molecule is CC[C@H]1CN([C@@H](C)c2ccc3nc(COC)sc3c2)[C@H](CC)CN1c1cc(=O)n(C)c2cn(CC#N)nc12. The van der Waals surface area contributed by atoms with Gasteiger partial charge in [0.25, 0.3) is 5.56 Å². The van der Waals surface area contributed by atoms with E-state index in [1.165, 1.54) is 10.3 Å². The minimum Gasteiger partial charge on any atom is -0.378 e. The van der Waals surface area contributed by atoms with Crippen LogP contribution in [0.5, 0.6) is 0 Å². The summed E-state index contributed by atoms with van der Waals surface area (Å²) >= 11 is 1.69. The highest BCUT2D eigenvalue weighted by atomic mass is 32.1. The first-order valence-electron chi connectivity index (χ1n) is 13.2. The number of aryl methyl sites for hydroxylation is 1. The van der Waals surface area contributed by atoms with Gasteiger partial charge in [0.15, 0.2) is 0 Å². The highest BCUT2D eigenvalue weighted by molar-refractivity contribution is 7.18. The smallest absolute Gasteiger partial charge is 0.252 e. The molecule has 0 spiro atoms. The molecular formula is C28H35N7O2S. The second-order valence-corrected chi connectivity index (χ2v) is 11.2. The van der Waals surface area contributed by atoms with E-state index in [0.29, 0.717) is 12.6 Å². The number of thiazole rings is 1. The van der Waals surface area contributed by atoms with E-state index in [2.05, 4.69) is 59.8 Å². The molecule has 0 N–H and O–H groups in total. The summed E-state index contributed by atoms with van der Waals surface area (Å²) in [4.78, 5) is 22.6. The van der Waals surface area contributed by atoms with Crippen molar-refractivity contribution in [3.63, 3.8) is 0 Å². The molecule has 1 aromatic carbocycles. The van der Waals surface area contributed by atoms with Crippen molar-refractivity contribution in [3.05, 3.63) is 51.4 Å². The van der Waals surface area contributed by atoms with Gasteiger partial charge in [0.2, 0.25) is 0 Å². The highest BCUT2D eigenvalue weighted by Gasteiger charge is 2.36. The van der Waals surface area contributed by atoms with Crippen LogP contribution in [0.25, 0.3) is 21.3 Å². The zero-order chi connectivity index (χ0) is 27.0. The lowest BCUT2D eigenvalue weighted by atomic mass is 9.96. The van der Waals surface area contributed by atoms with Gasteiger partial charge < -0.3 is 14.2 Å². The predicted molar refractivity (Wildman–Crippen MR) is 152 cm³/mol. The third-order valence-corrected chi connectivity index (χ3v) is 8.86. The van der Waals surface area contributed by atoms with Gasteiger partial charge in [-0.25, -0.2) is 4.98 Å². The molecule has 0 aliphatic carbocycles. The van der Waals surface area contributed by atoms with Gasteiger partial charge in [-0.3, -0.25) is 14.4 Å². The molecule has 0 radical (unpaired) electrons. The summed E-state index contributed by atoms with van der Waals surface area (Å²) in [6.45, 7) is 9.13. The molecular weight excluding hydrogens is 498 g/mol. The van der Waals surface area contributed by atoms with E-state index in [1.54, 1.807) is 47.0 Å². The normalized spacial score (nSPS) is 19.3. The number of ether oxygens (including phenoxy) is 1. The molecule has 200 valence electrons. The molecule has 9 nitrogen and oxygen atoms in total. The molecule has 10 heteroatoms. The number of nitriles is 1.